The summed E-state index contributed by atoms with van der Waals surface area (Å²) >= 11 is 0. The summed E-state index contributed by atoms with van der Waals surface area (Å²) < 4.78 is 10.1. The van der Waals surface area contributed by atoms with Crippen LogP contribution in [0.3, 0.4) is 0 Å². The maximum atomic E-state index is 12.9. The zero-order chi connectivity index (χ0) is 47.0. The number of rotatable bonds is 13. The first kappa shape index (κ1) is 44.9. The summed E-state index contributed by atoms with van der Waals surface area (Å²) in [5.74, 6) is -0.262. The minimum absolute atomic E-state index is 0.0728. The number of aromatic nitrogens is 1. The van der Waals surface area contributed by atoms with Gasteiger partial charge < -0.3 is 30.0 Å². The Morgan fingerprint density at radius 2 is 1.42 bits per heavy atom. The van der Waals surface area contributed by atoms with E-state index in [9.17, 15) is 19.8 Å². The number of amides is 1. The van der Waals surface area contributed by atoms with Crippen LogP contribution in [-0.4, -0.2) is 50.2 Å². The Morgan fingerprint density at radius 1 is 0.746 bits per heavy atom. The van der Waals surface area contributed by atoms with Gasteiger partial charge in [0.05, 0.1) is 5.41 Å². The van der Waals surface area contributed by atoms with Crippen LogP contribution in [0.1, 0.15) is 91.2 Å². The third-order valence-corrected chi connectivity index (χ3v) is 13.6. The molecule has 0 bridgehead atoms. The van der Waals surface area contributed by atoms with E-state index in [1.807, 2.05) is 24.3 Å². The van der Waals surface area contributed by atoms with Crippen molar-refractivity contribution in [3.8, 4) is 17.5 Å². The molecule has 0 fully saturated rings. The van der Waals surface area contributed by atoms with Crippen LogP contribution in [0, 0.1) is 0 Å². The Hall–Kier alpha value is -7.33. The molecule has 3 heterocycles. The van der Waals surface area contributed by atoms with Crippen LogP contribution in [0.15, 0.2) is 156 Å². The molecule has 3 N–H and O–H groups in total. The van der Waals surface area contributed by atoms with Crippen LogP contribution in [0.5, 0.6) is 17.5 Å². The van der Waals surface area contributed by atoms with Gasteiger partial charge in [0, 0.05) is 71.7 Å². The number of aromatic hydroxyl groups is 2. The number of fused-ring (bicyclic) bond motifs is 6. The van der Waals surface area contributed by atoms with Gasteiger partial charge in [-0.1, -0.05) is 74.5 Å². The van der Waals surface area contributed by atoms with Crippen LogP contribution in [-0.2, 0) is 20.4 Å². The summed E-state index contributed by atoms with van der Waals surface area (Å²) in [5, 5.41) is 27.5. The first-order valence-corrected chi connectivity index (χ1v) is 23.5. The predicted molar refractivity (Wildman–Crippen MR) is 268 cm³/mol. The van der Waals surface area contributed by atoms with Crippen LogP contribution in [0.2, 0.25) is 0 Å². The summed E-state index contributed by atoms with van der Waals surface area (Å²) in [6.45, 7) is 15.5. The molecule has 0 atom stereocenters. The van der Waals surface area contributed by atoms with E-state index in [-0.39, 0.29) is 36.0 Å². The lowest BCUT2D eigenvalue weighted by molar-refractivity contribution is -0.433. The molecule has 0 saturated heterocycles. The van der Waals surface area contributed by atoms with Crippen molar-refractivity contribution in [2.45, 2.75) is 90.9 Å². The fourth-order valence-electron chi connectivity index (χ4n) is 10.4. The number of anilines is 2. The van der Waals surface area contributed by atoms with Crippen molar-refractivity contribution in [1.82, 2.24) is 4.73 Å². The van der Waals surface area contributed by atoms with Crippen molar-refractivity contribution in [3.63, 3.8) is 0 Å². The van der Waals surface area contributed by atoms with Gasteiger partial charge in [-0.05, 0) is 140 Å². The van der Waals surface area contributed by atoms with E-state index >= 15 is 0 Å². The fraction of sp³-hybridized carbons (Fsp3) is 0.281. The molecule has 1 aromatic heterocycles. The molecule has 0 spiro atoms. The topological polar surface area (TPSA) is 116 Å². The van der Waals surface area contributed by atoms with Crippen molar-refractivity contribution < 1.29 is 34.0 Å². The van der Waals surface area contributed by atoms with Crippen molar-refractivity contribution >= 4 is 56.2 Å². The van der Waals surface area contributed by atoms with E-state index in [0.29, 0.717) is 16.2 Å². The number of hydrogen-bond donors (Lipinski definition) is 3. The third kappa shape index (κ3) is 8.41. The zero-order valence-corrected chi connectivity index (χ0v) is 39.2. The number of ether oxygens (including phenoxy) is 1. The smallest absolute Gasteiger partial charge is 0.333 e. The second kappa shape index (κ2) is 18.2. The van der Waals surface area contributed by atoms with Gasteiger partial charge in [-0.25, -0.2) is 4.79 Å². The highest BCUT2D eigenvalue weighted by Crippen LogP contribution is 2.51. The largest absolute Gasteiger partial charge is 0.492 e. The number of nitrogens with zero attached hydrogens (tertiary/aromatic N) is 3. The van der Waals surface area contributed by atoms with Gasteiger partial charge in [-0.3, -0.25) is 4.79 Å². The van der Waals surface area contributed by atoms with Gasteiger partial charge in [-0.15, -0.1) is 4.73 Å². The highest BCUT2D eigenvalue weighted by atomic mass is 16.7. The monoisotopic (exact) mass is 895 g/mol. The highest BCUT2D eigenvalue weighted by Gasteiger charge is 2.45. The van der Waals surface area contributed by atoms with Gasteiger partial charge in [0.1, 0.15) is 18.1 Å². The SMILES string of the molecule is CCN1C(=CC=C2CCCC(C=CC3=[N+](CC)c4ccc5ccccc5c4C3(C)C)=C2Oc2ccc(NC(=O)CCCC(=O)On3c(O)ccc3O)cc2)C(C)(C)c2c1ccc1ccccc21. The Kier molecular flexibility index (Phi) is 12.2. The average Bonchev–Trinajstić information content (AvgIpc) is 3.85. The molecule has 3 aliphatic rings. The number of carbonyl (C=O) groups is 2. The number of hydrogen-bond acceptors (Lipinski definition) is 7. The van der Waals surface area contributed by atoms with E-state index < -0.39 is 17.7 Å². The van der Waals surface area contributed by atoms with Crippen molar-refractivity contribution in [1.29, 1.82) is 0 Å². The number of carbonyl (C=O) groups excluding carboxylic acids is 2. The van der Waals surface area contributed by atoms with Crippen LogP contribution >= 0.6 is 0 Å². The molecule has 10 nitrogen and oxygen atoms in total. The second-order valence-electron chi connectivity index (χ2n) is 18.6. The molecule has 1 aliphatic carbocycles. The van der Waals surface area contributed by atoms with Gasteiger partial charge >= 0.3 is 5.97 Å². The Balaban J connectivity index is 1.01. The van der Waals surface area contributed by atoms with E-state index in [2.05, 4.69) is 153 Å². The van der Waals surface area contributed by atoms with Gasteiger partial charge in [-0.2, -0.15) is 4.58 Å². The molecule has 67 heavy (non-hydrogen) atoms. The minimum Gasteiger partial charge on any atom is -0.492 e. The van der Waals surface area contributed by atoms with E-state index in [1.165, 1.54) is 67.6 Å². The van der Waals surface area contributed by atoms with Crippen LogP contribution in [0.25, 0.3) is 21.5 Å². The Bertz CT molecular complexity index is 3070. The molecule has 342 valence electrons. The zero-order valence-electron chi connectivity index (χ0n) is 39.2. The van der Waals surface area contributed by atoms with Crippen molar-refractivity contribution in [2.75, 3.05) is 23.3 Å². The van der Waals surface area contributed by atoms with Gasteiger partial charge in [0.2, 0.25) is 23.4 Å². The molecule has 9 rings (SSSR count). The molecule has 0 radical (unpaired) electrons. The highest BCUT2D eigenvalue weighted by molar-refractivity contribution is 6.08. The maximum Gasteiger partial charge on any atom is 0.333 e. The summed E-state index contributed by atoms with van der Waals surface area (Å²) in [4.78, 5) is 32.6. The lowest BCUT2D eigenvalue weighted by Gasteiger charge is -2.27. The molecule has 5 aromatic carbocycles. The summed E-state index contributed by atoms with van der Waals surface area (Å²) in [6, 6.07) is 36.2. The number of likely N-dealkylation sites (N-methyl/N-ethyl adjacent to an activating group) is 1. The first-order chi connectivity index (χ1) is 32.3. The molecule has 1 amide bonds. The number of allylic oxidation sites excluding steroid dienone is 7. The first-order valence-electron chi connectivity index (χ1n) is 23.5. The number of benzene rings is 5. The lowest BCUT2D eigenvalue weighted by Crippen LogP contribution is -2.27. The number of nitrogens with one attached hydrogen (secondary N) is 1. The van der Waals surface area contributed by atoms with Crippen LogP contribution in [0.4, 0.5) is 17.1 Å². The lowest BCUT2D eigenvalue weighted by atomic mass is 9.78. The molecule has 0 unspecified atom stereocenters. The standard InChI is InChI=1S/C57H58N4O6/c1-7-59-45-31-23-37-15-9-11-19-43(37)53(45)56(3,4)47(59)33-25-39-17-13-18-40(26-34-48-57(5,6)54-44-20-12-10-16-38(44)24-32-46(54)60(48)8-2)55(39)66-42-29-27-41(28-30-42)58-49(62)21-14-22-52(65)67-61-50(63)35-36-51(61)64/h9-12,15-16,19-20,23-36H,7-8,13-14,17-18,21-22H2,1-6H3,(H2-,58,62,63,64)/p+1. The van der Waals surface area contributed by atoms with Crippen molar-refractivity contribution in [2.24, 2.45) is 0 Å². The molecular weight excluding hydrogens is 837 g/mol. The van der Waals surface area contributed by atoms with Crippen molar-refractivity contribution in [3.05, 3.63) is 167 Å². The summed E-state index contributed by atoms with van der Waals surface area (Å²) in [5.41, 5.74) is 10.1. The molecule has 6 aromatic rings. The fourth-order valence-corrected chi connectivity index (χ4v) is 10.4. The second-order valence-corrected chi connectivity index (χ2v) is 18.6. The minimum atomic E-state index is -0.688. The quantitative estimate of drug-likeness (QED) is 0.0989. The van der Waals surface area contributed by atoms with E-state index in [1.54, 1.807) is 0 Å². The average molecular weight is 896 g/mol. The normalized spacial score (nSPS) is 17.6. The molecular formula is C57H59N4O6+. The third-order valence-electron chi connectivity index (χ3n) is 13.6. The molecule has 0 saturated carbocycles. The van der Waals surface area contributed by atoms with Gasteiger partial charge in [0.15, 0.2) is 5.71 Å². The maximum absolute atomic E-state index is 12.9. The van der Waals surface area contributed by atoms with E-state index in [0.717, 1.165) is 49.3 Å². The molecule has 10 heteroatoms. The van der Waals surface area contributed by atoms with E-state index in [4.69, 9.17) is 9.57 Å². The van der Waals surface area contributed by atoms with Gasteiger partial charge in [0.25, 0.3) is 0 Å². The Labute approximate surface area is 392 Å². The Morgan fingerprint density at radius 3 is 2.10 bits per heavy atom. The summed E-state index contributed by atoms with van der Waals surface area (Å²) in [7, 11) is 0. The predicted octanol–water partition coefficient (Wildman–Crippen LogP) is 12.1. The molecule has 2 aliphatic heterocycles. The summed E-state index contributed by atoms with van der Waals surface area (Å²) in [6.07, 6.45) is 12.1. The van der Waals surface area contributed by atoms with Crippen LogP contribution < -0.4 is 19.8 Å².